The van der Waals surface area contributed by atoms with Crippen LogP contribution >= 0.6 is 0 Å². The maximum absolute atomic E-state index is 6.20. The third-order valence-electron chi connectivity index (χ3n) is 5.21. The summed E-state index contributed by atoms with van der Waals surface area (Å²) in [6, 6.07) is 20.4. The Labute approximate surface area is 175 Å². The number of nitrogens with zero attached hydrogens (tertiary/aromatic N) is 4. The van der Waals surface area contributed by atoms with Gasteiger partial charge < -0.3 is 14.4 Å². The summed E-state index contributed by atoms with van der Waals surface area (Å²) in [6.07, 6.45) is 3.41. The van der Waals surface area contributed by atoms with E-state index in [-0.39, 0.29) is 6.10 Å². The first-order valence-corrected chi connectivity index (χ1v) is 9.97. The molecule has 0 saturated carbocycles. The van der Waals surface area contributed by atoms with Crippen LogP contribution in [-0.2, 0) is 11.3 Å². The van der Waals surface area contributed by atoms with Crippen LogP contribution in [0.3, 0.4) is 0 Å². The second-order valence-corrected chi connectivity index (χ2v) is 7.35. The van der Waals surface area contributed by atoms with Crippen molar-refractivity contribution >= 4 is 16.7 Å². The first-order chi connectivity index (χ1) is 14.8. The number of fused-ring (bicyclic) bond motifs is 1. The summed E-state index contributed by atoms with van der Waals surface area (Å²) in [7, 11) is 1.69. The minimum Gasteiger partial charge on any atom is -0.469 e. The second kappa shape index (κ2) is 8.08. The number of aromatic nitrogens is 3. The lowest BCUT2D eigenvalue weighted by atomic mass is 10.1. The summed E-state index contributed by atoms with van der Waals surface area (Å²) in [6.45, 7) is 2.09. The Morgan fingerprint density at radius 1 is 0.967 bits per heavy atom. The molecule has 6 heteroatoms. The maximum atomic E-state index is 6.20. The smallest absolute Gasteiger partial charge is 0.240 e. The van der Waals surface area contributed by atoms with Crippen LogP contribution in [0.2, 0.25) is 0 Å². The zero-order valence-electron chi connectivity index (χ0n) is 16.7. The Bertz CT molecular complexity index is 1170. The summed E-state index contributed by atoms with van der Waals surface area (Å²) in [5.41, 5.74) is 3.81. The van der Waals surface area contributed by atoms with Crippen LogP contribution in [0.4, 0.5) is 5.82 Å². The standard InChI is InChI=1S/C24H22N4O2/c1-29-16-17-5-4-7-19(13-17)23-24(26-12-11-25-23)30-20-14-28(15-20)22-10-9-18-6-2-3-8-21(18)27-22/h2-13,20H,14-16H2,1H3. The van der Waals surface area contributed by atoms with E-state index in [0.29, 0.717) is 12.5 Å². The molecule has 0 unspecified atom stereocenters. The topological polar surface area (TPSA) is 60.4 Å². The van der Waals surface area contributed by atoms with Crippen LogP contribution in [-0.4, -0.2) is 41.3 Å². The molecule has 1 saturated heterocycles. The van der Waals surface area contributed by atoms with Crippen molar-refractivity contribution in [3.63, 3.8) is 0 Å². The van der Waals surface area contributed by atoms with Crippen LogP contribution in [0, 0.1) is 0 Å². The number of hydrogen-bond donors (Lipinski definition) is 0. The van der Waals surface area contributed by atoms with E-state index in [1.165, 1.54) is 0 Å². The van der Waals surface area contributed by atoms with Crippen molar-refractivity contribution in [2.75, 3.05) is 25.1 Å². The van der Waals surface area contributed by atoms with Crippen molar-refractivity contribution in [1.82, 2.24) is 15.0 Å². The zero-order chi connectivity index (χ0) is 20.3. The quantitative estimate of drug-likeness (QED) is 0.487. The first-order valence-electron chi connectivity index (χ1n) is 9.97. The highest BCUT2D eigenvalue weighted by atomic mass is 16.5. The molecule has 150 valence electrons. The fraction of sp³-hybridized carbons (Fsp3) is 0.208. The van der Waals surface area contributed by atoms with E-state index in [2.05, 4.69) is 39.1 Å². The highest BCUT2D eigenvalue weighted by molar-refractivity contribution is 5.80. The highest BCUT2D eigenvalue weighted by Gasteiger charge is 2.31. The number of anilines is 1. The van der Waals surface area contributed by atoms with Crippen LogP contribution < -0.4 is 9.64 Å². The predicted molar refractivity (Wildman–Crippen MR) is 117 cm³/mol. The number of hydrogen-bond acceptors (Lipinski definition) is 6. The molecular formula is C24H22N4O2. The number of rotatable bonds is 6. The van der Waals surface area contributed by atoms with E-state index in [0.717, 1.165) is 46.6 Å². The average molecular weight is 398 g/mol. The second-order valence-electron chi connectivity index (χ2n) is 7.35. The van der Waals surface area contributed by atoms with Gasteiger partial charge in [-0.25, -0.2) is 15.0 Å². The Kier molecular flexibility index (Phi) is 4.99. The van der Waals surface area contributed by atoms with E-state index in [1.54, 1.807) is 19.5 Å². The molecule has 0 spiro atoms. The molecule has 0 amide bonds. The van der Waals surface area contributed by atoms with Crippen LogP contribution in [0.1, 0.15) is 5.56 Å². The van der Waals surface area contributed by atoms with Gasteiger partial charge in [-0.2, -0.15) is 0 Å². The Morgan fingerprint density at radius 2 is 1.83 bits per heavy atom. The molecule has 1 fully saturated rings. The van der Waals surface area contributed by atoms with E-state index in [4.69, 9.17) is 14.5 Å². The summed E-state index contributed by atoms with van der Waals surface area (Å²) < 4.78 is 11.4. The van der Waals surface area contributed by atoms with Crippen molar-refractivity contribution < 1.29 is 9.47 Å². The van der Waals surface area contributed by atoms with Crippen molar-refractivity contribution in [3.8, 4) is 17.1 Å². The molecule has 5 rings (SSSR count). The predicted octanol–water partition coefficient (Wildman–Crippen LogP) is 4.11. The van der Waals surface area contributed by atoms with Crippen molar-refractivity contribution in [2.24, 2.45) is 0 Å². The van der Waals surface area contributed by atoms with E-state index in [9.17, 15) is 0 Å². The first kappa shape index (κ1) is 18.5. The number of ether oxygens (including phenoxy) is 2. The molecule has 2 aromatic carbocycles. The Hall–Kier alpha value is -3.51. The normalized spacial score (nSPS) is 14.0. The Balaban J connectivity index is 1.30. The largest absolute Gasteiger partial charge is 0.469 e. The van der Waals surface area contributed by atoms with Gasteiger partial charge in [0, 0.05) is 30.5 Å². The third-order valence-corrected chi connectivity index (χ3v) is 5.21. The Morgan fingerprint density at radius 3 is 2.73 bits per heavy atom. The monoisotopic (exact) mass is 398 g/mol. The van der Waals surface area contributed by atoms with E-state index >= 15 is 0 Å². The highest BCUT2D eigenvalue weighted by Crippen LogP contribution is 2.30. The molecule has 1 aliphatic heterocycles. The van der Waals surface area contributed by atoms with Gasteiger partial charge in [0.1, 0.15) is 17.6 Å². The van der Waals surface area contributed by atoms with Crippen LogP contribution in [0.15, 0.2) is 73.1 Å². The van der Waals surface area contributed by atoms with Gasteiger partial charge in [0.2, 0.25) is 5.88 Å². The zero-order valence-corrected chi connectivity index (χ0v) is 16.7. The third kappa shape index (κ3) is 3.69. The molecule has 0 radical (unpaired) electrons. The number of benzene rings is 2. The van der Waals surface area contributed by atoms with E-state index < -0.39 is 0 Å². The van der Waals surface area contributed by atoms with Gasteiger partial charge in [0.15, 0.2) is 0 Å². The molecule has 0 bridgehead atoms. The van der Waals surface area contributed by atoms with Crippen LogP contribution in [0.5, 0.6) is 5.88 Å². The summed E-state index contributed by atoms with van der Waals surface area (Å²) >= 11 is 0. The van der Waals surface area contributed by atoms with Crippen molar-refractivity contribution in [3.05, 3.63) is 78.6 Å². The number of methoxy groups -OCH3 is 1. The average Bonchev–Trinajstić information content (AvgIpc) is 2.76. The fourth-order valence-electron chi connectivity index (χ4n) is 3.67. The van der Waals surface area contributed by atoms with Gasteiger partial charge in [0.25, 0.3) is 0 Å². The minimum atomic E-state index is 0.0517. The summed E-state index contributed by atoms with van der Waals surface area (Å²) in [5, 5.41) is 1.15. The lowest BCUT2D eigenvalue weighted by Gasteiger charge is -2.39. The van der Waals surface area contributed by atoms with Gasteiger partial charge in [-0.05, 0) is 29.8 Å². The molecule has 4 aromatic rings. The molecular weight excluding hydrogens is 376 g/mol. The molecule has 3 heterocycles. The minimum absolute atomic E-state index is 0.0517. The molecule has 0 atom stereocenters. The molecule has 2 aromatic heterocycles. The van der Waals surface area contributed by atoms with Gasteiger partial charge >= 0.3 is 0 Å². The van der Waals surface area contributed by atoms with Gasteiger partial charge in [-0.15, -0.1) is 0 Å². The summed E-state index contributed by atoms with van der Waals surface area (Å²) in [5.74, 6) is 1.53. The maximum Gasteiger partial charge on any atom is 0.240 e. The number of para-hydroxylation sites is 1. The van der Waals surface area contributed by atoms with Gasteiger partial charge in [0.05, 0.1) is 25.2 Å². The van der Waals surface area contributed by atoms with Gasteiger partial charge in [-0.1, -0.05) is 36.4 Å². The van der Waals surface area contributed by atoms with Crippen molar-refractivity contribution in [2.45, 2.75) is 12.7 Å². The van der Waals surface area contributed by atoms with Crippen LogP contribution in [0.25, 0.3) is 22.2 Å². The SMILES string of the molecule is COCc1cccc(-c2nccnc2OC2CN(c3ccc4ccccc4n3)C2)c1. The van der Waals surface area contributed by atoms with Crippen molar-refractivity contribution in [1.29, 1.82) is 0 Å². The molecule has 6 nitrogen and oxygen atoms in total. The fourth-order valence-corrected chi connectivity index (χ4v) is 3.67. The number of pyridine rings is 1. The lowest BCUT2D eigenvalue weighted by Crippen LogP contribution is -2.54. The molecule has 0 N–H and O–H groups in total. The van der Waals surface area contributed by atoms with E-state index in [1.807, 2.05) is 36.4 Å². The molecule has 0 aliphatic carbocycles. The lowest BCUT2D eigenvalue weighted by molar-refractivity contribution is 0.160. The molecule has 1 aliphatic rings. The van der Waals surface area contributed by atoms with Gasteiger partial charge in [-0.3, -0.25) is 0 Å². The molecule has 30 heavy (non-hydrogen) atoms. The summed E-state index contributed by atoms with van der Waals surface area (Å²) in [4.78, 5) is 15.9.